The fraction of sp³-hybridized carbons (Fsp3) is 0.250. The molecule has 0 aliphatic carbocycles. The van der Waals surface area contributed by atoms with Gasteiger partial charge in [-0.25, -0.2) is 0 Å². The minimum Gasteiger partial charge on any atom is -0.807 e. The maximum atomic E-state index is 12.0. The van der Waals surface area contributed by atoms with Gasteiger partial charge in [-0.05, 0) is 33.4 Å². The minimum absolute atomic E-state index is 0. The van der Waals surface area contributed by atoms with Crippen LogP contribution >= 0.6 is 7.60 Å². The van der Waals surface area contributed by atoms with Crippen LogP contribution in [0.1, 0.15) is 18.2 Å². The fourth-order valence-corrected chi connectivity index (χ4v) is 2.29. The second-order valence-corrected chi connectivity index (χ2v) is 6.96. The fourth-order valence-electron chi connectivity index (χ4n) is 2.29. The third-order valence-electron chi connectivity index (χ3n) is 3.51. The van der Waals surface area contributed by atoms with Crippen molar-refractivity contribution in [2.75, 3.05) is 6.61 Å². The Labute approximate surface area is 232 Å². The monoisotopic (exact) mass is 450 g/mol. The van der Waals surface area contributed by atoms with Crippen molar-refractivity contribution >= 4 is 24.3 Å². The zero-order valence-corrected chi connectivity index (χ0v) is 23.7. The summed E-state index contributed by atoms with van der Waals surface area (Å²) in [6.45, 7) is 4.15. The number of benzene rings is 1. The zero-order chi connectivity index (χ0) is 19.6. The molecule has 0 radical (unpaired) electrons. The molecule has 9 nitrogen and oxygen atoms in total. The normalized spacial score (nSPS) is 12.2. The molecule has 0 bridgehead atoms. The number of phenols is 1. The largest absolute Gasteiger partial charge is 1.00 e. The van der Waals surface area contributed by atoms with E-state index in [1.807, 2.05) is 13.0 Å². The summed E-state index contributed by atoms with van der Waals surface area (Å²) in [6, 6.07) is 3.07. The van der Waals surface area contributed by atoms with Crippen LogP contribution in [-0.2, 0) is 11.0 Å². The SMILES string of the molecule is CC1=CCc2c(cc3oc(C)cc(=O)c3c2O)OC1.O=C([O-])P(=O)([O-])[O-].[Na+].[Na+].[Na+]. The summed E-state index contributed by atoms with van der Waals surface area (Å²) in [5.74, 6) is 1.05. The van der Waals surface area contributed by atoms with E-state index in [9.17, 15) is 9.90 Å². The number of carbonyl (C=O) groups excluding carboxylic acids is 1. The van der Waals surface area contributed by atoms with Crippen molar-refractivity contribution in [3.8, 4) is 11.5 Å². The molecule has 13 heteroatoms. The number of phenolic OH excluding ortho intramolecular Hbond substituents is 1. The van der Waals surface area contributed by atoms with Gasteiger partial charge in [-0.2, -0.15) is 0 Å². The summed E-state index contributed by atoms with van der Waals surface area (Å²) in [5, 5.41) is 19.6. The van der Waals surface area contributed by atoms with Crippen LogP contribution < -0.4 is 114 Å². The third-order valence-corrected chi connectivity index (χ3v) is 3.96. The molecule has 3 rings (SSSR count). The average Bonchev–Trinajstić information content (AvgIpc) is 2.68. The smallest absolute Gasteiger partial charge is 0.807 e. The summed E-state index contributed by atoms with van der Waals surface area (Å²) >= 11 is 0. The topological polar surface area (TPSA) is 163 Å². The van der Waals surface area contributed by atoms with Crippen molar-refractivity contribution < 1.29 is 127 Å². The number of carbonyl (C=O) groups is 1. The number of carboxylic acid groups (broad SMARTS) is 1. The summed E-state index contributed by atoms with van der Waals surface area (Å²) in [7, 11) is -5.43. The third kappa shape index (κ3) is 8.44. The number of hydrogen-bond donors (Lipinski definition) is 1. The quantitative estimate of drug-likeness (QED) is 0.253. The van der Waals surface area contributed by atoms with Crippen LogP contribution in [0.3, 0.4) is 0 Å². The van der Waals surface area contributed by atoms with E-state index in [1.165, 1.54) is 6.07 Å². The standard InChI is InChI=1S/C15H14O4.CH3O5P.3Na/c1-8-3-4-10-12(18-7-8)6-13-14(15(10)17)11(16)5-9(2)19-13;2-1(3)7(4,5)6;;;/h3,5-6,17H,4,7H2,1-2H3;(H,2,3)(H2,4,5,6);;;/q;;3*+1/p-3. The number of rotatable bonds is 1. The van der Waals surface area contributed by atoms with Gasteiger partial charge in [0.05, 0.1) is 5.71 Å². The Kier molecular flexibility index (Phi) is 14.2. The first-order valence-corrected chi connectivity index (χ1v) is 8.86. The van der Waals surface area contributed by atoms with E-state index in [4.69, 9.17) is 33.4 Å². The molecule has 140 valence electrons. The van der Waals surface area contributed by atoms with Gasteiger partial charge in [0.15, 0.2) is 5.43 Å². The number of aromatic hydroxyl groups is 1. The molecular formula is C16H14Na3O9P. The summed E-state index contributed by atoms with van der Waals surface area (Å²) in [4.78, 5) is 39.3. The molecule has 0 saturated carbocycles. The van der Waals surface area contributed by atoms with Crippen LogP contribution in [0.5, 0.6) is 11.5 Å². The van der Waals surface area contributed by atoms with Gasteiger partial charge in [0, 0.05) is 17.7 Å². The van der Waals surface area contributed by atoms with E-state index in [0.717, 1.165) is 5.57 Å². The Morgan fingerprint density at radius 1 is 1.17 bits per heavy atom. The Balaban J connectivity index is 0. The first-order valence-electron chi connectivity index (χ1n) is 7.32. The number of aryl methyl sites for hydroxylation is 1. The molecule has 0 fully saturated rings. The van der Waals surface area contributed by atoms with Gasteiger partial charge in [0.25, 0.3) is 0 Å². The minimum atomic E-state index is -5.43. The molecule has 0 spiro atoms. The van der Waals surface area contributed by atoms with E-state index in [2.05, 4.69) is 0 Å². The van der Waals surface area contributed by atoms with Crippen molar-refractivity contribution in [2.45, 2.75) is 20.3 Å². The number of fused-ring (bicyclic) bond motifs is 2. The molecule has 1 aromatic heterocycles. The number of ether oxygens (including phenoxy) is 1. The van der Waals surface area contributed by atoms with Crippen molar-refractivity contribution in [3.05, 3.63) is 45.3 Å². The van der Waals surface area contributed by atoms with E-state index in [-0.39, 0.29) is 105 Å². The molecule has 1 N–H and O–H groups in total. The van der Waals surface area contributed by atoms with Gasteiger partial charge < -0.3 is 38.5 Å². The van der Waals surface area contributed by atoms with Gasteiger partial charge in [-0.3, -0.25) is 4.79 Å². The molecule has 0 atom stereocenters. The van der Waals surface area contributed by atoms with E-state index >= 15 is 0 Å². The first-order chi connectivity index (χ1) is 12.0. The molecule has 0 amide bonds. The van der Waals surface area contributed by atoms with Crippen molar-refractivity contribution in [3.63, 3.8) is 0 Å². The van der Waals surface area contributed by atoms with Crippen molar-refractivity contribution in [2.24, 2.45) is 0 Å². The molecule has 2 aromatic rings. The van der Waals surface area contributed by atoms with Gasteiger partial charge in [0.1, 0.15) is 34.8 Å². The van der Waals surface area contributed by atoms with E-state index in [0.29, 0.717) is 35.7 Å². The van der Waals surface area contributed by atoms with Crippen LogP contribution in [0.15, 0.2) is 33.0 Å². The maximum absolute atomic E-state index is 12.0. The molecule has 0 unspecified atom stereocenters. The van der Waals surface area contributed by atoms with E-state index in [1.54, 1.807) is 13.0 Å². The molecule has 29 heavy (non-hydrogen) atoms. The van der Waals surface area contributed by atoms with Crippen LogP contribution in [0, 0.1) is 6.92 Å². The Bertz CT molecular complexity index is 1010. The Morgan fingerprint density at radius 3 is 2.24 bits per heavy atom. The van der Waals surface area contributed by atoms with Crippen molar-refractivity contribution in [1.82, 2.24) is 0 Å². The zero-order valence-electron chi connectivity index (χ0n) is 16.8. The summed E-state index contributed by atoms with van der Waals surface area (Å²) in [5.41, 5.74) is -0.701. The van der Waals surface area contributed by atoms with Crippen LogP contribution in [0.4, 0.5) is 4.79 Å². The average molecular weight is 450 g/mol. The Morgan fingerprint density at radius 2 is 1.72 bits per heavy atom. The molecule has 1 aliphatic heterocycles. The van der Waals surface area contributed by atoms with Crippen LogP contribution in [0.25, 0.3) is 11.0 Å². The van der Waals surface area contributed by atoms with Crippen LogP contribution in [0.2, 0.25) is 0 Å². The molecule has 1 aliphatic rings. The predicted octanol–water partition coefficient (Wildman–Crippen LogP) is -9.06. The van der Waals surface area contributed by atoms with Gasteiger partial charge in [-0.1, -0.05) is 6.08 Å². The second-order valence-electron chi connectivity index (χ2n) is 5.60. The molecule has 2 heterocycles. The van der Waals surface area contributed by atoms with Gasteiger partial charge >= 0.3 is 88.7 Å². The second kappa shape index (κ2) is 13.1. The van der Waals surface area contributed by atoms with Gasteiger partial charge in [-0.15, -0.1) is 0 Å². The van der Waals surface area contributed by atoms with Crippen LogP contribution in [-0.4, -0.2) is 17.4 Å². The number of hydrogen-bond acceptors (Lipinski definition) is 9. The Hall–Kier alpha value is 0.390. The summed E-state index contributed by atoms with van der Waals surface area (Å²) in [6.07, 6.45) is 2.55. The first kappa shape index (κ1) is 31.6. The van der Waals surface area contributed by atoms with Gasteiger partial charge in [0.2, 0.25) is 0 Å². The predicted molar refractivity (Wildman–Crippen MR) is 84.8 cm³/mol. The molecular weight excluding hydrogens is 436 g/mol. The van der Waals surface area contributed by atoms with Crippen molar-refractivity contribution in [1.29, 1.82) is 0 Å². The molecule has 1 aromatic carbocycles. The number of allylic oxidation sites excluding steroid dienone is 1. The van der Waals surface area contributed by atoms with E-state index < -0.39 is 13.3 Å². The molecule has 0 saturated heterocycles. The maximum Gasteiger partial charge on any atom is 1.00 e. The summed E-state index contributed by atoms with van der Waals surface area (Å²) < 4.78 is 20.3.